The van der Waals surface area contributed by atoms with Crippen molar-refractivity contribution in [2.75, 3.05) is 31.5 Å². The van der Waals surface area contributed by atoms with Crippen LogP contribution in [0.25, 0.3) is 10.8 Å². The van der Waals surface area contributed by atoms with Gasteiger partial charge in [-0.2, -0.15) is 0 Å². The molecule has 3 aromatic rings. The second kappa shape index (κ2) is 10.5. The second-order valence-electron chi connectivity index (χ2n) is 8.66. The minimum Gasteiger partial charge on any atom is -0.339 e. The molecule has 0 radical (unpaired) electrons. The number of amides is 3. The van der Waals surface area contributed by atoms with Crippen molar-refractivity contribution in [2.24, 2.45) is 5.92 Å². The average Bonchev–Trinajstić information content (AvgIpc) is 2.88. The van der Waals surface area contributed by atoms with Crippen molar-refractivity contribution in [1.29, 1.82) is 0 Å². The molecule has 4 rings (SSSR count). The van der Waals surface area contributed by atoms with E-state index in [4.69, 9.17) is 0 Å². The average molecular weight is 458 g/mol. The van der Waals surface area contributed by atoms with Gasteiger partial charge < -0.3 is 15.1 Å². The first-order valence-electron chi connectivity index (χ1n) is 12.0. The van der Waals surface area contributed by atoms with Crippen LogP contribution in [0.1, 0.15) is 47.4 Å². The molecule has 0 bridgehead atoms. The van der Waals surface area contributed by atoms with Crippen molar-refractivity contribution >= 4 is 34.2 Å². The predicted molar refractivity (Wildman–Crippen MR) is 135 cm³/mol. The standard InChI is InChI=1S/C28H31N3O3/c1-3-30(4-2)27(33)21-12-7-14-23(18-21)29-26(32)22-13-9-17-31(19-22)28(34)25-16-8-11-20-10-5-6-15-24(20)25/h5-8,10-12,14-16,18,22H,3-4,9,13,17,19H2,1-2H3,(H,29,32). The minimum absolute atomic E-state index is 0.0406. The van der Waals surface area contributed by atoms with Crippen molar-refractivity contribution in [2.45, 2.75) is 26.7 Å². The van der Waals surface area contributed by atoms with E-state index in [1.165, 1.54) is 0 Å². The van der Waals surface area contributed by atoms with Gasteiger partial charge in [0, 0.05) is 43.0 Å². The molecule has 0 spiro atoms. The number of nitrogens with zero attached hydrogens (tertiary/aromatic N) is 2. The van der Waals surface area contributed by atoms with Crippen molar-refractivity contribution < 1.29 is 14.4 Å². The Bertz CT molecular complexity index is 1200. The summed E-state index contributed by atoms with van der Waals surface area (Å²) in [4.78, 5) is 42.6. The first-order valence-corrected chi connectivity index (χ1v) is 12.0. The number of hydrogen-bond acceptors (Lipinski definition) is 3. The zero-order chi connectivity index (χ0) is 24.1. The predicted octanol–water partition coefficient (Wildman–Crippen LogP) is 4.81. The lowest BCUT2D eigenvalue weighted by Crippen LogP contribution is -2.43. The molecule has 3 aromatic carbocycles. The van der Waals surface area contributed by atoms with E-state index in [1.807, 2.05) is 56.3 Å². The fraction of sp³-hybridized carbons (Fsp3) is 0.321. The minimum atomic E-state index is -0.296. The number of rotatable bonds is 6. The van der Waals surface area contributed by atoms with E-state index >= 15 is 0 Å². The molecule has 0 aromatic heterocycles. The number of nitrogens with one attached hydrogen (secondary N) is 1. The third-order valence-corrected chi connectivity index (χ3v) is 6.53. The molecule has 1 aliphatic heterocycles. The Labute approximate surface area is 200 Å². The Balaban J connectivity index is 1.45. The van der Waals surface area contributed by atoms with E-state index in [9.17, 15) is 14.4 Å². The second-order valence-corrected chi connectivity index (χ2v) is 8.66. The molecule has 0 saturated carbocycles. The number of piperidine rings is 1. The first-order chi connectivity index (χ1) is 16.5. The van der Waals surface area contributed by atoms with Crippen LogP contribution in [0.4, 0.5) is 5.69 Å². The highest BCUT2D eigenvalue weighted by atomic mass is 16.2. The molecule has 1 fully saturated rings. The largest absolute Gasteiger partial charge is 0.339 e. The van der Waals surface area contributed by atoms with E-state index in [2.05, 4.69) is 5.32 Å². The summed E-state index contributed by atoms with van der Waals surface area (Å²) < 4.78 is 0. The molecule has 6 heteroatoms. The summed E-state index contributed by atoms with van der Waals surface area (Å²) >= 11 is 0. The maximum atomic E-state index is 13.3. The zero-order valence-corrected chi connectivity index (χ0v) is 19.8. The third-order valence-electron chi connectivity index (χ3n) is 6.53. The summed E-state index contributed by atoms with van der Waals surface area (Å²) in [5, 5.41) is 4.92. The van der Waals surface area contributed by atoms with Crippen molar-refractivity contribution in [3.8, 4) is 0 Å². The molecule has 1 saturated heterocycles. The molecule has 34 heavy (non-hydrogen) atoms. The monoisotopic (exact) mass is 457 g/mol. The van der Waals surface area contributed by atoms with Gasteiger partial charge in [0.05, 0.1) is 5.92 Å². The van der Waals surface area contributed by atoms with Crippen LogP contribution in [0.2, 0.25) is 0 Å². The molecule has 1 heterocycles. The summed E-state index contributed by atoms with van der Waals surface area (Å²) in [6, 6.07) is 20.7. The van der Waals surface area contributed by atoms with Gasteiger partial charge in [-0.15, -0.1) is 0 Å². The molecule has 1 aliphatic rings. The summed E-state index contributed by atoms with van der Waals surface area (Å²) in [5.41, 5.74) is 1.82. The fourth-order valence-electron chi connectivity index (χ4n) is 4.63. The molecule has 1 N–H and O–H groups in total. The van der Waals surface area contributed by atoms with Crippen LogP contribution in [-0.2, 0) is 4.79 Å². The summed E-state index contributed by atoms with van der Waals surface area (Å²) in [6.07, 6.45) is 1.50. The van der Waals surface area contributed by atoms with Gasteiger partial charge in [-0.1, -0.05) is 42.5 Å². The van der Waals surface area contributed by atoms with Crippen LogP contribution in [0.15, 0.2) is 66.7 Å². The number of carbonyl (C=O) groups is 3. The number of anilines is 1. The Kier molecular flexibility index (Phi) is 7.26. The van der Waals surface area contributed by atoms with Crippen LogP contribution in [-0.4, -0.2) is 53.7 Å². The van der Waals surface area contributed by atoms with E-state index in [0.29, 0.717) is 43.0 Å². The number of carbonyl (C=O) groups excluding carboxylic acids is 3. The van der Waals surface area contributed by atoms with Gasteiger partial charge in [-0.25, -0.2) is 0 Å². The van der Waals surface area contributed by atoms with Gasteiger partial charge in [0.15, 0.2) is 0 Å². The Morgan fingerprint density at radius 3 is 2.50 bits per heavy atom. The fourth-order valence-corrected chi connectivity index (χ4v) is 4.63. The zero-order valence-electron chi connectivity index (χ0n) is 19.8. The SMILES string of the molecule is CCN(CC)C(=O)c1cccc(NC(=O)C2CCCN(C(=O)c3cccc4ccccc34)C2)c1. The van der Waals surface area contributed by atoms with Crippen molar-refractivity contribution in [3.63, 3.8) is 0 Å². The van der Waals surface area contributed by atoms with Gasteiger partial charge in [-0.05, 0) is 61.7 Å². The summed E-state index contributed by atoms with van der Waals surface area (Å²) in [7, 11) is 0. The van der Waals surface area contributed by atoms with Crippen LogP contribution in [0.5, 0.6) is 0 Å². The smallest absolute Gasteiger partial charge is 0.254 e. The summed E-state index contributed by atoms with van der Waals surface area (Å²) in [6.45, 7) is 6.18. The van der Waals surface area contributed by atoms with Crippen LogP contribution in [0.3, 0.4) is 0 Å². The van der Waals surface area contributed by atoms with Gasteiger partial charge in [0.2, 0.25) is 5.91 Å². The lowest BCUT2D eigenvalue weighted by molar-refractivity contribution is -0.121. The molecule has 1 atom stereocenters. The van der Waals surface area contributed by atoms with Crippen molar-refractivity contribution in [1.82, 2.24) is 9.80 Å². The highest BCUT2D eigenvalue weighted by molar-refractivity contribution is 6.07. The Morgan fingerprint density at radius 1 is 0.971 bits per heavy atom. The van der Waals surface area contributed by atoms with Crippen LogP contribution in [0, 0.1) is 5.92 Å². The molecule has 0 aliphatic carbocycles. The lowest BCUT2D eigenvalue weighted by Gasteiger charge is -2.32. The van der Waals surface area contributed by atoms with Crippen molar-refractivity contribution in [3.05, 3.63) is 77.9 Å². The normalized spacial score (nSPS) is 15.7. The highest BCUT2D eigenvalue weighted by Gasteiger charge is 2.29. The van der Waals surface area contributed by atoms with E-state index in [-0.39, 0.29) is 23.6 Å². The topological polar surface area (TPSA) is 69.7 Å². The number of benzene rings is 3. The number of hydrogen-bond donors (Lipinski definition) is 1. The molecule has 6 nitrogen and oxygen atoms in total. The lowest BCUT2D eigenvalue weighted by atomic mass is 9.95. The number of fused-ring (bicyclic) bond motifs is 1. The first kappa shape index (κ1) is 23.5. The molecular formula is C28H31N3O3. The van der Waals surface area contributed by atoms with Crippen LogP contribution < -0.4 is 5.32 Å². The Morgan fingerprint density at radius 2 is 1.71 bits per heavy atom. The van der Waals surface area contributed by atoms with E-state index in [0.717, 1.165) is 23.6 Å². The Hall–Kier alpha value is -3.67. The highest BCUT2D eigenvalue weighted by Crippen LogP contribution is 2.24. The molecule has 3 amide bonds. The quantitative estimate of drug-likeness (QED) is 0.577. The van der Waals surface area contributed by atoms with Gasteiger partial charge in [0.25, 0.3) is 11.8 Å². The van der Waals surface area contributed by atoms with E-state index in [1.54, 1.807) is 34.1 Å². The molecular weight excluding hydrogens is 426 g/mol. The maximum Gasteiger partial charge on any atom is 0.254 e. The van der Waals surface area contributed by atoms with Gasteiger partial charge >= 0.3 is 0 Å². The maximum absolute atomic E-state index is 13.3. The van der Waals surface area contributed by atoms with Gasteiger partial charge in [-0.3, -0.25) is 14.4 Å². The van der Waals surface area contributed by atoms with Gasteiger partial charge in [0.1, 0.15) is 0 Å². The van der Waals surface area contributed by atoms with E-state index < -0.39 is 0 Å². The molecule has 176 valence electrons. The number of likely N-dealkylation sites (tertiary alicyclic amines) is 1. The third kappa shape index (κ3) is 4.96. The summed E-state index contributed by atoms with van der Waals surface area (Å²) in [5.74, 6) is -0.510. The van der Waals surface area contributed by atoms with Crippen LogP contribution >= 0.6 is 0 Å². The molecule has 1 unspecified atom stereocenters.